The number of carbonyl (C=O) groups excluding carboxylic acids is 1. The molecule has 0 aromatic rings. The number of nitrogens with zero attached hydrogens (tertiary/aromatic N) is 1. The molecule has 0 radical (unpaired) electrons. The molecule has 1 amide bonds. The molecule has 0 aromatic heterocycles. The van der Waals surface area contributed by atoms with Crippen LogP contribution in [0.2, 0.25) is 0 Å². The second kappa shape index (κ2) is 6.73. The Morgan fingerprint density at radius 3 is 2.44 bits per heavy atom. The van der Waals surface area contributed by atoms with Gasteiger partial charge in [-0.25, -0.2) is 0 Å². The minimum Gasteiger partial charge on any atom is -0.359 e. The molecule has 6 heteroatoms. The van der Waals surface area contributed by atoms with Crippen LogP contribution in [0, 0.1) is 0 Å². The molecule has 0 heterocycles. The van der Waals surface area contributed by atoms with Gasteiger partial charge in [-0.2, -0.15) is 13.2 Å². The van der Waals surface area contributed by atoms with Crippen molar-refractivity contribution in [2.45, 2.75) is 39.0 Å². The van der Waals surface area contributed by atoms with Crippen molar-refractivity contribution in [3.05, 3.63) is 0 Å². The molecule has 0 fully saturated rings. The number of hydrogen-bond donors (Lipinski definition) is 0. The monoisotopic (exact) mass is 241 g/mol. The Morgan fingerprint density at radius 1 is 1.44 bits per heavy atom. The summed E-state index contributed by atoms with van der Waals surface area (Å²) in [4.78, 5) is 12.9. The summed E-state index contributed by atoms with van der Waals surface area (Å²) in [5.74, 6) is -0.419. The summed E-state index contributed by atoms with van der Waals surface area (Å²) >= 11 is 0. The van der Waals surface area contributed by atoms with E-state index in [0.717, 1.165) is 12.8 Å². The molecule has 16 heavy (non-hydrogen) atoms. The fourth-order valence-corrected chi connectivity index (χ4v) is 1.11. The standard InChI is InChI=1S/C10H18F3NO2/c1-4-5-6-14(3)9(15)8(2)16-7-10(11,12)13/h8H,4-7H2,1-3H3. The van der Waals surface area contributed by atoms with E-state index in [1.807, 2.05) is 6.92 Å². The molecule has 0 aromatic carbocycles. The maximum absolute atomic E-state index is 11.8. The highest BCUT2D eigenvalue weighted by Gasteiger charge is 2.30. The van der Waals surface area contributed by atoms with Gasteiger partial charge in [-0.05, 0) is 13.3 Å². The normalized spacial score (nSPS) is 13.6. The van der Waals surface area contributed by atoms with Crippen molar-refractivity contribution in [3.63, 3.8) is 0 Å². The number of likely N-dealkylation sites (N-methyl/N-ethyl adjacent to an activating group) is 1. The fourth-order valence-electron chi connectivity index (χ4n) is 1.11. The Kier molecular flexibility index (Phi) is 6.40. The molecule has 0 saturated carbocycles. The van der Waals surface area contributed by atoms with Crippen LogP contribution in [0.4, 0.5) is 13.2 Å². The highest BCUT2D eigenvalue weighted by atomic mass is 19.4. The van der Waals surface area contributed by atoms with E-state index < -0.39 is 24.8 Å². The lowest BCUT2D eigenvalue weighted by molar-refractivity contribution is -0.188. The lowest BCUT2D eigenvalue weighted by atomic mass is 10.3. The summed E-state index contributed by atoms with van der Waals surface area (Å²) in [7, 11) is 1.56. The number of unbranched alkanes of at least 4 members (excludes halogenated alkanes) is 1. The molecule has 0 saturated heterocycles. The molecule has 0 aliphatic rings. The number of ether oxygens (including phenoxy) is 1. The molecule has 0 aliphatic heterocycles. The first-order chi connectivity index (χ1) is 7.28. The van der Waals surface area contributed by atoms with Crippen molar-refractivity contribution in [2.24, 2.45) is 0 Å². The molecule has 0 bridgehead atoms. The first-order valence-electron chi connectivity index (χ1n) is 5.21. The highest BCUT2D eigenvalue weighted by molar-refractivity contribution is 5.80. The van der Waals surface area contributed by atoms with Crippen LogP contribution in [-0.2, 0) is 9.53 Å². The maximum Gasteiger partial charge on any atom is 0.411 e. The van der Waals surface area contributed by atoms with Crippen molar-refractivity contribution in [1.82, 2.24) is 4.90 Å². The molecule has 3 nitrogen and oxygen atoms in total. The van der Waals surface area contributed by atoms with Crippen molar-refractivity contribution in [2.75, 3.05) is 20.2 Å². The van der Waals surface area contributed by atoms with Gasteiger partial charge >= 0.3 is 6.18 Å². The summed E-state index contributed by atoms with van der Waals surface area (Å²) in [6.45, 7) is 2.45. The van der Waals surface area contributed by atoms with Gasteiger partial charge in [-0.3, -0.25) is 4.79 Å². The van der Waals surface area contributed by atoms with Crippen LogP contribution in [0.15, 0.2) is 0 Å². The van der Waals surface area contributed by atoms with Gasteiger partial charge in [0.1, 0.15) is 12.7 Å². The van der Waals surface area contributed by atoms with E-state index in [1.165, 1.54) is 11.8 Å². The predicted molar refractivity (Wildman–Crippen MR) is 54.0 cm³/mol. The van der Waals surface area contributed by atoms with Gasteiger partial charge in [0.25, 0.3) is 5.91 Å². The SMILES string of the molecule is CCCCN(C)C(=O)C(C)OCC(F)(F)F. The number of alkyl halides is 3. The Labute approximate surface area is 93.6 Å². The van der Waals surface area contributed by atoms with Crippen LogP contribution in [0.1, 0.15) is 26.7 Å². The average Bonchev–Trinajstić information content (AvgIpc) is 2.20. The minimum absolute atomic E-state index is 0.419. The first kappa shape index (κ1) is 15.2. The molecule has 0 spiro atoms. The summed E-state index contributed by atoms with van der Waals surface area (Å²) in [6, 6.07) is 0. The van der Waals surface area contributed by atoms with Crippen LogP contribution in [-0.4, -0.2) is 43.3 Å². The molecule has 0 rings (SSSR count). The molecule has 1 atom stereocenters. The van der Waals surface area contributed by atoms with Crippen molar-refractivity contribution in [1.29, 1.82) is 0 Å². The molecule has 96 valence electrons. The first-order valence-corrected chi connectivity index (χ1v) is 5.21. The highest BCUT2D eigenvalue weighted by Crippen LogP contribution is 2.15. The molecule has 0 N–H and O–H groups in total. The second-order valence-corrected chi connectivity index (χ2v) is 3.68. The summed E-state index contributed by atoms with van der Waals surface area (Å²) in [5.41, 5.74) is 0. The summed E-state index contributed by atoms with van der Waals surface area (Å²) in [5, 5.41) is 0. The molecule has 1 unspecified atom stereocenters. The quantitative estimate of drug-likeness (QED) is 0.713. The van der Waals surface area contributed by atoms with Gasteiger partial charge in [0, 0.05) is 13.6 Å². The predicted octanol–water partition coefficient (Wildman–Crippen LogP) is 2.21. The zero-order valence-electron chi connectivity index (χ0n) is 9.80. The lowest BCUT2D eigenvalue weighted by Gasteiger charge is -2.21. The summed E-state index contributed by atoms with van der Waals surface area (Å²) < 4.78 is 40.0. The van der Waals surface area contributed by atoms with Crippen LogP contribution < -0.4 is 0 Å². The molecular weight excluding hydrogens is 223 g/mol. The largest absolute Gasteiger partial charge is 0.411 e. The van der Waals surface area contributed by atoms with Gasteiger partial charge in [-0.15, -0.1) is 0 Å². The number of hydrogen-bond acceptors (Lipinski definition) is 2. The van der Waals surface area contributed by atoms with E-state index in [4.69, 9.17) is 0 Å². The van der Waals surface area contributed by atoms with E-state index in [9.17, 15) is 18.0 Å². The third-order valence-corrected chi connectivity index (χ3v) is 2.07. The Morgan fingerprint density at radius 2 is 2.00 bits per heavy atom. The zero-order chi connectivity index (χ0) is 12.8. The topological polar surface area (TPSA) is 29.5 Å². The van der Waals surface area contributed by atoms with E-state index in [-0.39, 0.29) is 0 Å². The number of rotatable bonds is 6. The van der Waals surface area contributed by atoms with Crippen molar-refractivity contribution in [3.8, 4) is 0 Å². The Balaban J connectivity index is 3.98. The van der Waals surface area contributed by atoms with E-state index in [2.05, 4.69) is 4.74 Å². The van der Waals surface area contributed by atoms with Gasteiger partial charge in [0.05, 0.1) is 0 Å². The molecule has 0 aliphatic carbocycles. The maximum atomic E-state index is 11.8. The van der Waals surface area contributed by atoms with Gasteiger partial charge in [-0.1, -0.05) is 13.3 Å². The third kappa shape index (κ3) is 6.66. The second-order valence-electron chi connectivity index (χ2n) is 3.68. The number of amides is 1. The average molecular weight is 241 g/mol. The zero-order valence-corrected chi connectivity index (χ0v) is 9.80. The number of halogens is 3. The van der Waals surface area contributed by atoms with E-state index in [0.29, 0.717) is 6.54 Å². The smallest absolute Gasteiger partial charge is 0.359 e. The van der Waals surface area contributed by atoms with Crippen molar-refractivity contribution < 1.29 is 22.7 Å². The van der Waals surface area contributed by atoms with Crippen LogP contribution >= 0.6 is 0 Å². The lowest BCUT2D eigenvalue weighted by Crippen LogP contribution is -2.38. The van der Waals surface area contributed by atoms with Gasteiger partial charge in [0.15, 0.2) is 0 Å². The van der Waals surface area contributed by atoms with Crippen molar-refractivity contribution >= 4 is 5.91 Å². The van der Waals surface area contributed by atoms with Crippen LogP contribution in [0.25, 0.3) is 0 Å². The van der Waals surface area contributed by atoms with Gasteiger partial charge in [0.2, 0.25) is 0 Å². The fraction of sp³-hybridized carbons (Fsp3) is 0.900. The van der Waals surface area contributed by atoms with Crippen LogP contribution in [0.3, 0.4) is 0 Å². The van der Waals surface area contributed by atoms with E-state index in [1.54, 1.807) is 7.05 Å². The molecular formula is C10H18F3NO2. The summed E-state index contributed by atoms with van der Waals surface area (Å²) in [6.07, 6.45) is -3.69. The Bertz CT molecular complexity index is 219. The van der Waals surface area contributed by atoms with Gasteiger partial charge < -0.3 is 9.64 Å². The number of carbonyl (C=O) groups is 1. The van der Waals surface area contributed by atoms with E-state index >= 15 is 0 Å². The third-order valence-electron chi connectivity index (χ3n) is 2.07. The van der Waals surface area contributed by atoms with Crippen LogP contribution in [0.5, 0.6) is 0 Å². The Hall–Kier alpha value is -0.780. The minimum atomic E-state index is -4.39.